The van der Waals surface area contributed by atoms with Crippen molar-refractivity contribution in [2.45, 2.75) is 45.8 Å². The molecule has 4 amide bonds. The molecule has 2 aliphatic rings. The van der Waals surface area contributed by atoms with Gasteiger partial charge in [-0.25, -0.2) is 9.59 Å². The Bertz CT molecular complexity index is 1070. The zero-order valence-electron chi connectivity index (χ0n) is 19.2. The van der Waals surface area contributed by atoms with Gasteiger partial charge in [0, 0.05) is 56.8 Å². The number of ether oxygens (including phenoxy) is 1. The van der Waals surface area contributed by atoms with Crippen molar-refractivity contribution in [3.63, 3.8) is 0 Å². The first-order valence-corrected chi connectivity index (χ1v) is 10.9. The number of rotatable bonds is 2. The number of piperazine rings is 1. The van der Waals surface area contributed by atoms with E-state index in [4.69, 9.17) is 4.74 Å². The van der Waals surface area contributed by atoms with Gasteiger partial charge < -0.3 is 14.5 Å². The Labute approximate surface area is 187 Å². The van der Waals surface area contributed by atoms with E-state index >= 15 is 0 Å². The molecule has 0 saturated carbocycles. The van der Waals surface area contributed by atoms with E-state index in [1.165, 1.54) is 4.90 Å². The van der Waals surface area contributed by atoms with Gasteiger partial charge in [0.15, 0.2) is 5.82 Å². The summed E-state index contributed by atoms with van der Waals surface area (Å²) in [5, 5.41) is 7.74. The number of benzene rings is 1. The number of urea groups is 1. The Morgan fingerprint density at radius 1 is 1.19 bits per heavy atom. The number of nitrogens with zero attached hydrogens (tertiary/aromatic N) is 5. The Morgan fingerprint density at radius 3 is 2.59 bits per heavy atom. The van der Waals surface area contributed by atoms with Crippen LogP contribution in [0.4, 0.5) is 21.1 Å². The molecule has 32 heavy (non-hydrogen) atoms. The molecule has 1 aromatic carbocycles. The van der Waals surface area contributed by atoms with Crippen LogP contribution in [0.2, 0.25) is 0 Å². The van der Waals surface area contributed by atoms with Crippen LogP contribution in [0.5, 0.6) is 0 Å². The largest absolute Gasteiger partial charge is 0.444 e. The highest BCUT2D eigenvalue weighted by molar-refractivity contribution is 6.09. The van der Waals surface area contributed by atoms with E-state index in [0.717, 1.165) is 16.6 Å². The zero-order chi connectivity index (χ0) is 23.2. The molecule has 1 N–H and O–H groups in total. The summed E-state index contributed by atoms with van der Waals surface area (Å²) in [6, 6.07) is 5.58. The molecule has 0 radical (unpaired) electrons. The topological polar surface area (TPSA) is 100 Å². The fourth-order valence-corrected chi connectivity index (χ4v) is 4.17. The van der Waals surface area contributed by atoms with Gasteiger partial charge >= 0.3 is 12.1 Å². The molecule has 2 aliphatic heterocycles. The molecule has 3 heterocycles. The van der Waals surface area contributed by atoms with Crippen molar-refractivity contribution < 1.29 is 19.1 Å². The average Bonchev–Trinajstić information content (AvgIpc) is 3.02. The smallest absolute Gasteiger partial charge is 0.410 e. The fraction of sp³-hybridized carbons (Fsp3) is 0.545. The molecular formula is C22H30N6O4. The van der Waals surface area contributed by atoms with Crippen molar-refractivity contribution in [2.75, 3.05) is 36.0 Å². The predicted molar refractivity (Wildman–Crippen MR) is 121 cm³/mol. The second kappa shape index (κ2) is 7.99. The lowest BCUT2D eigenvalue weighted by atomic mass is 10.1. The van der Waals surface area contributed by atoms with Crippen molar-refractivity contribution in [2.24, 2.45) is 7.05 Å². The highest BCUT2D eigenvalue weighted by atomic mass is 16.6. The standard InChI is InChI=1S/C22H30N6O4/c1-14-13-26(10-11-27(14)21(31)32-22(2,3)4)15-6-7-16-17(12-15)25(5)24-19(16)28-9-8-18(29)23-20(28)30/h6-7,12,14H,8-11,13H2,1-5H3,(H,23,29,30)/t14-/m0/s1. The Kier molecular flexibility index (Phi) is 5.47. The van der Waals surface area contributed by atoms with Crippen LogP contribution in [0.15, 0.2) is 18.2 Å². The molecule has 10 heteroatoms. The number of hydrogen-bond acceptors (Lipinski definition) is 6. The number of fused-ring (bicyclic) bond motifs is 1. The third-order valence-electron chi connectivity index (χ3n) is 5.75. The highest BCUT2D eigenvalue weighted by Crippen LogP contribution is 2.31. The first kappa shape index (κ1) is 21.9. The molecule has 172 valence electrons. The van der Waals surface area contributed by atoms with Crippen LogP contribution in [0.25, 0.3) is 10.9 Å². The number of nitrogens with one attached hydrogen (secondary N) is 1. The van der Waals surface area contributed by atoms with Crippen molar-refractivity contribution in [1.82, 2.24) is 20.0 Å². The molecule has 1 atom stereocenters. The normalized spacial score (nSPS) is 20.0. The lowest BCUT2D eigenvalue weighted by molar-refractivity contribution is -0.120. The summed E-state index contributed by atoms with van der Waals surface area (Å²) in [5.74, 6) is 0.274. The Morgan fingerprint density at radius 2 is 1.94 bits per heavy atom. The van der Waals surface area contributed by atoms with Crippen molar-refractivity contribution >= 4 is 40.4 Å². The molecule has 4 rings (SSSR count). The van der Waals surface area contributed by atoms with Gasteiger partial charge in [-0.3, -0.25) is 19.7 Å². The number of aryl methyl sites for hydroxylation is 1. The molecule has 2 saturated heterocycles. The first-order valence-electron chi connectivity index (χ1n) is 10.9. The van der Waals surface area contributed by atoms with E-state index in [0.29, 0.717) is 32.0 Å². The summed E-state index contributed by atoms with van der Waals surface area (Å²) < 4.78 is 7.28. The van der Waals surface area contributed by atoms with Crippen LogP contribution in [0.3, 0.4) is 0 Å². The summed E-state index contributed by atoms with van der Waals surface area (Å²) in [6.45, 7) is 9.89. The van der Waals surface area contributed by atoms with E-state index in [-0.39, 0.29) is 24.5 Å². The minimum atomic E-state index is -0.519. The molecular weight excluding hydrogens is 412 g/mol. The van der Waals surface area contributed by atoms with Crippen LogP contribution in [-0.4, -0.2) is 70.5 Å². The molecule has 2 aromatic rings. The average molecular weight is 443 g/mol. The van der Waals surface area contributed by atoms with Crippen molar-refractivity contribution in [3.8, 4) is 0 Å². The van der Waals surface area contributed by atoms with Gasteiger partial charge in [0.2, 0.25) is 5.91 Å². The fourth-order valence-electron chi connectivity index (χ4n) is 4.17. The Balaban J connectivity index is 1.53. The molecule has 2 fully saturated rings. The summed E-state index contributed by atoms with van der Waals surface area (Å²) in [5.41, 5.74) is 1.40. The van der Waals surface area contributed by atoms with Crippen LogP contribution in [0, 0.1) is 0 Å². The van der Waals surface area contributed by atoms with Gasteiger partial charge in [-0.1, -0.05) is 0 Å². The predicted octanol–water partition coefficient (Wildman–Crippen LogP) is 2.47. The maximum atomic E-state index is 12.5. The third kappa shape index (κ3) is 4.21. The maximum Gasteiger partial charge on any atom is 0.410 e. The van der Waals surface area contributed by atoms with E-state index in [1.54, 1.807) is 9.58 Å². The van der Waals surface area contributed by atoms with E-state index in [1.807, 2.05) is 46.9 Å². The summed E-state index contributed by atoms with van der Waals surface area (Å²) >= 11 is 0. The van der Waals surface area contributed by atoms with Crippen molar-refractivity contribution in [3.05, 3.63) is 18.2 Å². The van der Waals surface area contributed by atoms with Crippen LogP contribution in [-0.2, 0) is 16.6 Å². The van der Waals surface area contributed by atoms with Gasteiger partial charge in [0.05, 0.1) is 5.52 Å². The third-order valence-corrected chi connectivity index (χ3v) is 5.75. The quantitative estimate of drug-likeness (QED) is 0.767. The highest BCUT2D eigenvalue weighted by Gasteiger charge is 2.32. The molecule has 1 aromatic heterocycles. The molecule has 0 aliphatic carbocycles. The minimum Gasteiger partial charge on any atom is -0.444 e. The number of carbonyl (C=O) groups is 3. The minimum absolute atomic E-state index is 0.00554. The second-order valence-corrected chi connectivity index (χ2v) is 9.37. The van der Waals surface area contributed by atoms with Crippen LogP contribution < -0.4 is 15.1 Å². The van der Waals surface area contributed by atoms with E-state index in [9.17, 15) is 14.4 Å². The Hall–Kier alpha value is -3.30. The summed E-state index contributed by atoms with van der Waals surface area (Å²) in [6.07, 6.45) is -0.0310. The second-order valence-electron chi connectivity index (χ2n) is 9.37. The first-order chi connectivity index (χ1) is 15.0. The number of imide groups is 1. The lowest BCUT2D eigenvalue weighted by Crippen LogP contribution is -2.55. The number of aromatic nitrogens is 2. The number of hydrogen-bond donors (Lipinski definition) is 1. The summed E-state index contributed by atoms with van der Waals surface area (Å²) in [7, 11) is 1.84. The van der Waals surface area contributed by atoms with Crippen molar-refractivity contribution in [1.29, 1.82) is 0 Å². The van der Waals surface area contributed by atoms with Crippen LogP contribution >= 0.6 is 0 Å². The van der Waals surface area contributed by atoms with E-state index < -0.39 is 11.6 Å². The lowest BCUT2D eigenvalue weighted by Gasteiger charge is -2.41. The van der Waals surface area contributed by atoms with E-state index in [2.05, 4.69) is 21.4 Å². The number of carbonyl (C=O) groups excluding carboxylic acids is 3. The van der Waals surface area contributed by atoms with Gasteiger partial charge in [0.1, 0.15) is 5.60 Å². The van der Waals surface area contributed by atoms with Gasteiger partial charge in [0.25, 0.3) is 0 Å². The van der Waals surface area contributed by atoms with Crippen LogP contribution in [0.1, 0.15) is 34.1 Å². The molecule has 0 unspecified atom stereocenters. The van der Waals surface area contributed by atoms with Gasteiger partial charge in [-0.15, -0.1) is 0 Å². The molecule has 0 bridgehead atoms. The SMILES string of the molecule is C[C@H]1CN(c2ccc3c(N4CCC(=O)NC4=O)nn(C)c3c2)CCN1C(=O)OC(C)(C)C. The summed E-state index contributed by atoms with van der Waals surface area (Å²) in [4.78, 5) is 41.8. The molecule has 10 nitrogen and oxygen atoms in total. The maximum absolute atomic E-state index is 12.5. The number of anilines is 2. The monoisotopic (exact) mass is 442 g/mol. The van der Waals surface area contributed by atoms with Gasteiger partial charge in [-0.05, 0) is 45.9 Å². The molecule has 0 spiro atoms. The van der Waals surface area contributed by atoms with Gasteiger partial charge in [-0.2, -0.15) is 5.10 Å². The number of amides is 4. The zero-order valence-corrected chi connectivity index (χ0v) is 19.2.